The fourth-order valence-corrected chi connectivity index (χ4v) is 3.32. The van der Waals surface area contributed by atoms with Crippen LogP contribution >= 0.6 is 22.6 Å². The Hall–Kier alpha value is -1.18. The Balaban J connectivity index is 2.44. The van der Waals surface area contributed by atoms with Gasteiger partial charge in [-0.25, -0.2) is 4.39 Å². The van der Waals surface area contributed by atoms with Crippen LogP contribution < -0.4 is 10.2 Å². The van der Waals surface area contributed by atoms with E-state index in [9.17, 15) is 14.0 Å². The van der Waals surface area contributed by atoms with Crippen LogP contribution in [-0.2, 0) is 9.59 Å². The predicted molar refractivity (Wildman–Crippen MR) is 87.5 cm³/mol. The number of piperazine rings is 1. The number of hydrogen-bond acceptors (Lipinski definition) is 2. The zero-order chi connectivity index (χ0) is 15.6. The predicted octanol–water partition coefficient (Wildman–Crippen LogP) is 2.84. The number of rotatable bonds is 4. The van der Waals surface area contributed by atoms with Gasteiger partial charge in [0.25, 0.3) is 0 Å². The van der Waals surface area contributed by atoms with Crippen LogP contribution in [0.15, 0.2) is 18.2 Å². The number of halogens is 2. The van der Waals surface area contributed by atoms with Crippen molar-refractivity contribution < 1.29 is 14.0 Å². The molecule has 114 valence electrons. The molecule has 2 atom stereocenters. The standard InChI is InChI=1S/C15H18FIN2O2/c1-3-5-11-15(21)19(12(4-2)14(20)18-11)13-7-6-9(16)8-10(13)17/h6-8,11-12H,3-5H2,1-2H3,(H,18,20). The number of carbonyl (C=O) groups is 2. The summed E-state index contributed by atoms with van der Waals surface area (Å²) >= 11 is 1.99. The lowest BCUT2D eigenvalue weighted by Crippen LogP contribution is -2.63. The fraction of sp³-hybridized carbons (Fsp3) is 0.467. The summed E-state index contributed by atoms with van der Waals surface area (Å²) < 4.78 is 13.9. The van der Waals surface area contributed by atoms with E-state index >= 15 is 0 Å². The van der Waals surface area contributed by atoms with Crippen molar-refractivity contribution >= 4 is 40.1 Å². The summed E-state index contributed by atoms with van der Waals surface area (Å²) in [4.78, 5) is 26.4. The number of anilines is 1. The maximum atomic E-state index is 13.3. The van der Waals surface area contributed by atoms with Crippen molar-refractivity contribution in [3.8, 4) is 0 Å². The van der Waals surface area contributed by atoms with Crippen molar-refractivity contribution in [1.82, 2.24) is 5.32 Å². The SMILES string of the molecule is CCCC1NC(=O)C(CC)N(c2ccc(F)cc2I)C1=O. The molecule has 2 amide bonds. The molecule has 1 aromatic carbocycles. The van der Waals surface area contributed by atoms with Crippen LogP contribution in [0.1, 0.15) is 33.1 Å². The molecule has 0 aliphatic carbocycles. The minimum atomic E-state index is -0.537. The normalized spacial score (nSPS) is 22.4. The molecule has 2 rings (SSSR count). The second kappa shape index (κ2) is 6.72. The minimum absolute atomic E-state index is 0.118. The van der Waals surface area contributed by atoms with E-state index < -0.39 is 12.1 Å². The van der Waals surface area contributed by atoms with Gasteiger partial charge in [-0.15, -0.1) is 0 Å². The van der Waals surface area contributed by atoms with Crippen molar-refractivity contribution in [3.63, 3.8) is 0 Å². The maximum absolute atomic E-state index is 13.3. The highest BCUT2D eigenvalue weighted by atomic mass is 127. The first-order valence-electron chi connectivity index (χ1n) is 7.08. The molecule has 1 aromatic rings. The third-order valence-electron chi connectivity index (χ3n) is 3.60. The Kier molecular flexibility index (Phi) is 5.18. The molecule has 0 radical (unpaired) electrons. The number of hydrogen-bond donors (Lipinski definition) is 1. The summed E-state index contributed by atoms with van der Waals surface area (Å²) in [5.74, 6) is -0.612. The van der Waals surface area contributed by atoms with Crippen molar-refractivity contribution in [3.05, 3.63) is 27.6 Å². The molecule has 0 saturated carbocycles. The van der Waals surface area contributed by atoms with Gasteiger partial charge in [0.1, 0.15) is 17.9 Å². The number of nitrogens with zero attached hydrogens (tertiary/aromatic N) is 1. The highest BCUT2D eigenvalue weighted by Gasteiger charge is 2.40. The van der Waals surface area contributed by atoms with E-state index in [0.717, 1.165) is 6.42 Å². The average molecular weight is 404 g/mol. The van der Waals surface area contributed by atoms with E-state index in [0.29, 0.717) is 22.1 Å². The van der Waals surface area contributed by atoms with Gasteiger partial charge >= 0.3 is 0 Å². The van der Waals surface area contributed by atoms with Gasteiger partial charge < -0.3 is 5.32 Å². The van der Waals surface area contributed by atoms with Crippen molar-refractivity contribution in [2.24, 2.45) is 0 Å². The van der Waals surface area contributed by atoms with Gasteiger partial charge in [-0.1, -0.05) is 20.3 Å². The summed E-state index contributed by atoms with van der Waals surface area (Å²) in [5.41, 5.74) is 0.602. The van der Waals surface area contributed by atoms with E-state index in [1.54, 1.807) is 6.07 Å². The zero-order valence-corrected chi connectivity index (χ0v) is 14.2. The Morgan fingerprint density at radius 3 is 2.62 bits per heavy atom. The van der Waals surface area contributed by atoms with Crippen LogP contribution in [0.4, 0.5) is 10.1 Å². The highest BCUT2D eigenvalue weighted by Crippen LogP contribution is 2.29. The molecule has 21 heavy (non-hydrogen) atoms. The second-order valence-electron chi connectivity index (χ2n) is 5.08. The van der Waals surface area contributed by atoms with Crippen molar-refractivity contribution in [2.75, 3.05) is 4.90 Å². The van der Waals surface area contributed by atoms with Crippen LogP contribution in [0.25, 0.3) is 0 Å². The third-order valence-corrected chi connectivity index (χ3v) is 4.46. The van der Waals surface area contributed by atoms with Crippen LogP contribution in [0.3, 0.4) is 0 Å². The molecule has 1 aliphatic rings. The molecule has 1 saturated heterocycles. The molecule has 1 N–H and O–H groups in total. The first kappa shape index (κ1) is 16.2. The Morgan fingerprint density at radius 1 is 1.33 bits per heavy atom. The number of carbonyl (C=O) groups excluding carboxylic acids is 2. The number of benzene rings is 1. The van der Waals surface area contributed by atoms with Crippen LogP contribution in [0.5, 0.6) is 0 Å². The molecule has 6 heteroatoms. The van der Waals surface area contributed by atoms with Crippen molar-refractivity contribution in [1.29, 1.82) is 0 Å². The molecular formula is C15H18FIN2O2. The van der Waals surface area contributed by atoms with E-state index in [4.69, 9.17) is 0 Å². The Morgan fingerprint density at radius 2 is 2.05 bits per heavy atom. The second-order valence-corrected chi connectivity index (χ2v) is 6.24. The summed E-state index contributed by atoms with van der Waals surface area (Å²) in [5, 5.41) is 2.79. The van der Waals surface area contributed by atoms with E-state index in [2.05, 4.69) is 5.32 Å². The first-order valence-corrected chi connectivity index (χ1v) is 8.16. The van der Waals surface area contributed by atoms with Gasteiger partial charge in [-0.2, -0.15) is 0 Å². The lowest BCUT2D eigenvalue weighted by atomic mass is 10.0. The third kappa shape index (κ3) is 3.20. The molecule has 0 aromatic heterocycles. The Bertz CT molecular complexity index is 565. The first-order chi connectivity index (χ1) is 9.99. The monoisotopic (exact) mass is 404 g/mol. The van der Waals surface area contributed by atoms with Gasteiger partial charge in [0.05, 0.1) is 5.69 Å². The van der Waals surface area contributed by atoms with Crippen LogP contribution in [0, 0.1) is 9.39 Å². The molecule has 1 aliphatic heterocycles. The lowest BCUT2D eigenvalue weighted by Gasteiger charge is -2.39. The number of nitrogens with one attached hydrogen (secondary N) is 1. The number of amides is 2. The van der Waals surface area contributed by atoms with Gasteiger partial charge in [0.2, 0.25) is 11.8 Å². The van der Waals surface area contributed by atoms with Crippen molar-refractivity contribution in [2.45, 2.75) is 45.2 Å². The molecule has 0 spiro atoms. The molecule has 4 nitrogen and oxygen atoms in total. The van der Waals surface area contributed by atoms with E-state index in [1.165, 1.54) is 17.0 Å². The average Bonchev–Trinajstić information content (AvgIpc) is 2.43. The van der Waals surface area contributed by atoms with E-state index in [-0.39, 0.29) is 17.6 Å². The summed E-state index contributed by atoms with van der Waals surface area (Å²) in [6, 6.07) is 3.23. The largest absolute Gasteiger partial charge is 0.342 e. The minimum Gasteiger partial charge on any atom is -0.342 e. The van der Waals surface area contributed by atoms with Crippen LogP contribution in [0.2, 0.25) is 0 Å². The van der Waals surface area contributed by atoms with Gasteiger partial charge in [-0.3, -0.25) is 14.5 Å². The fourth-order valence-electron chi connectivity index (χ4n) is 2.58. The van der Waals surface area contributed by atoms with Gasteiger partial charge in [-0.05, 0) is 53.6 Å². The topological polar surface area (TPSA) is 49.4 Å². The quantitative estimate of drug-likeness (QED) is 0.785. The summed E-state index contributed by atoms with van der Waals surface area (Å²) in [7, 11) is 0. The highest BCUT2D eigenvalue weighted by molar-refractivity contribution is 14.1. The van der Waals surface area contributed by atoms with Gasteiger partial charge in [0.15, 0.2) is 0 Å². The van der Waals surface area contributed by atoms with E-state index in [1.807, 2.05) is 36.4 Å². The molecule has 0 bridgehead atoms. The molecule has 1 fully saturated rings. The molecule has 1 heterocycles. The zero-order valence-electron chi connectivity index (χ0n) is 12.0. The maximum Gasteiger partial charge on any atom is 0.250 e. The summed E-state index contributed by atoms with van der Waals surface area (Å²) in [6.07, 6.45) is 1.93. The smallest absolute Gasteiger partial charge is 0.250 e. The Labute approximate surface area is 137 Å². The summed E-state index contributed by atoms with van der Waals surface area (Å²) in [6.45, 7) is 3.83. The lowest BCUT2D eigenvalue weighted by molar-refractivity contribution is -0.134. The molecule has 2 unspecified atom stereocenters. The van der Waals surface area contributed by atoms with Crippen LogP contribution in [-0.4, -0.2) is 23.9 Å². The van der Waals surface area contributed by atoms with Gasteiger partial charge in [0, 0.05) is 3.57 Å². The molecular weight excluding hydrogens is 386 g/mol.